The van der Waals surface area contributed by atoms with Crippen LogP contribution in [0.25, 0.3) is 0 Å². The Bertz CT molecular complexity index is 122. The third-order valence-corrected chi connectivity index (χ3v) is 1.04. The van der Waals surface area contributed by atoms with Gasteiger partial charge >= 0.3 is 0 Å². The van der Waals surface area contributed by atoms with Gasteiger partial charge in [-0.2, -0.15) is 0 Å². The molecule has 0 saturated heterocycles. The third-order valence-electron chi connectivity index (χ3n) is 1.04. The van der Waals surface area contributed by atoms with Gasteiger partial charge in [0.2, 0.25) is 5.91 Å². The van der Waals surface area contributed by atoms with Crippen LogP contribution in [0.5, 0.6) is 0 Å². The highest BCUT2D eigenvalue weighted by molar-refractivity contribution is 5.76. The maximum absolute atomic E-state index is 10.6. The molecule has 4 nitrogen and oxygen atoms in total. The highest BCUT2D eigenvalue weighted by Crippen LogP contribution is 1.95. The van der Waals surface area contributed by atoms with Gasteiger partial charge in [0.25, 0.3) is 0 Å². The first-order valence-electron chi connectivity index (χ1n) is 3.16. The fourth-order valence-corrected chi connectivity index (χ4v) is 0.428. The summed E-state index contributed by atoms with van der Waals surface area (Å²) in [6, 6.07) is 0. The molecule has 1 atom stereocenters. The van der Waals surface area contributed by atoms with Gasteiger partial charge in [0.15, 0.2) is 5.72 Å². The molecule has 1 amide bonds. The minimum atomic E-state index is -1.48. The number of hydrogen-bond donors (Lipinski definition) is 3. The van der Waals surface area contributed by atoms with Crippen LogP contribution in [-0.2, 0) is 4.79 Å². The molecular formula is C6H13NO3. The maximum atomic E-state index is 10.6. The molecule has 3 N–H and O–H groups in total. The van der Waals surface area contributed by atoms with E-state index < -0.39 is 12.3 Å². The second-order valence-corrected chi connectivity index (χ2v) is 2.33. The van der Waals surface area contributed by atoms with E-state index in [9.17, 15) is 4.79 Å². The number of hydrogen-bond acceptors (Lipinski definition) is 3. The van der Waals surface area contributed by atoms with E-state index in [-0.39, 0.29) is 5.91 Å². The molecule has 0 fully saturated rings. The van der Waals surface area contributed by atoms with Gasteiger partial charge in [-0.3, -0.25) is 4.79 Å². The van der Waals surface area contributed by atoms with E-state index in [4.69, 9.17) is 10.2 Å². The van der Waals surface area contributed by atoms with Gasteiger partial charge in [0.05, 0.1) is 6.61 Å². The van der Waals surface area contributed by atoms with Crippen LogP contribution in [0.2, 0.25) is 0 Å². The molecule has 0 spiro atoms. The monoisotopic (exact) mass is 147 g/mol. The topological polar surface area (TPSA) is 69.6 Å². The maximum Gasteiger partial charge on any atom is 0.221 e. The summed E-state index contributed by atoms with van der Waals surface area (Å²) in [6.07, 6.45) is 0.302. The smallest absolute Gasteiger partial charge is 0.221 e. The molecule has 0 aromatic heterocycles. The first-order valence-corrected chi connectivity index (χ1v) is 3.16. The van der Waals surface area contributed by atoms with Gasteiger partial charge in [-0.05, 0) is 6.92 Å². The van der Waals surface area contributed by atoms with E-state index in [1.54, 1.807) is 6.92 Å². The zero-order valence-electron chi connectivity index (χ0n) is 6.22. The van der Waals surface area contributed by atoms with E-state index in [1.807, 2.05) is 0 Å². The highest BCUT2D eigenvalue weighted by atomic mass is 16.3. The molecule has 0 aliphatic heterocycles. The van der Waals surface area contributed by atoms with Gasteiger partial charge in [-0.15, -0.1) is 0 Å². The molecule has 10 heavy (non-hydrogen) atoms. The summed E-state index contributed by atoms with van der Waals surface area (Å²) in [6.45, 7) is 2.53. The molecule has 60 valence electrons. The molecule has 0 bridgehead atoms. The number of carbonyl (C=O) groups excluding carboxylic acids is 1. The SMILES string of the molecule is CCC(=O)NC(C)(O)CO. The van der Waals surface area contributed by atoms with Gasteiger partial charge in [-0.1, -0.05) is 6.92 Å². The highest BCUT2D eigenvalue weighted by Gasteiger charge is 2.19. The Balaban J connectivity index is 3.76. The van der Waals surface area contributed by atoms with Gasteiger partial charge in [-0.25, -0.2) is 0 Å². The van der Waals surface area contributed by atoms with Crippen molar-refractivity contribution in [3.8, 4) is 0 Å². The molecule has 0 heterocycles. The summed E-state index contributed by atoms with van der Waals surface area (Å²) in [4.78, 5) is 10.6. The third kappa shape index (κ3) is 3.42. The van der Waals surface area contributed by atoms with Gasteiger partial charge in [0, 0.05) is 6.42 Å². The molecule has 4 heteroatoms. The van der Waals surface area contributed by atoms with Crippen molar-refractivity contribution in [2.45, 2.75) is 26.0 Å². The van der Waals surface area contributed by atoms with Crippen molar-refractivity contribution in [1.29, 1.82) is 0 Å². The van der Waals surface area contributed by atoms with Crippen molar-refractivity contribution in [3.63, 3.8) is 0 Å². The lowest BCUT2D eigenvalue weighted by Crippen LogP contribution is -2.48. The second-order valence-electron chi connectivity index (χ2n) is 2.33. The zero-order valence-corrected chi connectivity index (χ0v) is 6.22. The quantitative estimate of drug-likeness (QED) is 0.458. The first kappa shape index (κ1) is 9.39. The van der Waals surface area contributed by atoms with Gasteiger partial charge < -0.3 is 15.5 Å². The number of rotatable bonds is 3. The molecular weight excluding hydrogens is 134 g/mol. The Hall–Kier alpha value is -0.610. The minimum Gasteiger partial charge on any atom is -0.391 e. The first-order chi connectivity index (χ1) is 4.52. The van der Waals surface area contributed by atoms with Crippen molar-refractivity contribution in [1.82, 2.24) is 5.32 Å². The molecule has 0 aromatic rings. The Kier molecular flexibility index (Phi) is 3.32. The summed E-state index contributed by atoms with van der Waals surface area (Å²) in [5.74, 6) is -0.279. The largest absolute Gasteiger partial charge is 0.391 e. The van der Waals surface area contributed by atoms with Crippen LogP contribution < -0.4 is 5.32 Å². The van der Waals surface area contributed by atoms with E-state index in [1.165, 1.54) is 6.92 Å². The van der Waals surface area contributed by atoms with Crippen molar-refractivity contribution in [2.75, 3.05) is 6.61 Å². The lowest BCUT2D eigenvalue weighted by atomic mass is 10.3. The second kappa shape index (κ2) is 3.53. The van der Waals surface area contributed by atoms with Crippen LogP contribution in [-0.4, -0.2) is 28.5 Å². The van der Waals surface area contributed by atoms with E-state index >= 15 is 0 Å². The number of nitrogens with one attached hydrogen (secondary N) is 1. The standard InChI is InChI=1S/C6H13NO3/c1-3-5(9)7-6(2,10)4-8/h8,10H,3-4H2,1-2H3,(H,7,9). The lowest BCUT2D eigenvalue weighted by molar-refractivity contribution is -0.129. The molecule has 0 aliphatic rings. The fraction of sp³-hybridized carbons (Fsp3) is 0.833. The predicted octanol–water partition coefficient (Wildman–Crippen LogP) is -0.787. The van der Waals surface area contributed by atoms with E-state index in [0.29, 0.717) is 6.42 Å². The molecule has 0 aromatic carbocycles. The average Bonchev–Trinajstić information content (AvgIpc) is 1.87. The number of aliphatic hydroxyl groups is 2. The predicted molar refractivity (Wildman–Crippen MR) is 36.1 cm³/mol. The summed E-state index contributed by atoms with van der Waals surface area (Å²) >= 11 is 0. The van der Waals surface area contributed by atoms with Crippen LogP contribution in [0.15, 0.2) is 0 Å². The Morgan fingerprint density at radius 3 is 2.50 bits per heavy atom. The summed E-state index contributed by atoms with van der Waals surface area (Å²) in [5.41, 5.74) is -1.48. The average molecular weight is 147 g/mol. The Morgan fingerprint density at radius 2 is 2.20 bits per heavy atom. The van der Waals surface area contributed by atoms with Crippen LogP contribution in [0.1, 0.15) is 20.3 Å². The van der Waals surface area contributed by atoms with Crippen LogP contribution in [0.3, 0.4) is 0 Å². The number of aliphatic hydroxyl groups excluding tert-OH is 1. The van der Waals surface area contributed by atoms with Gasteiger partial charge in [0.1, 0.15) is 0 Å². The minimum absolute atomic E-state index is 0.279. The van der Waals surface area contributed by atoms with Crippen LogP contribution in [0, 0.1) is 0 Å². The van der Waals surface area contributed by atoms with E-state index in [2.05, 4.69) is 5.32 Å². The summed E-state index contributed by atoms with van der Waals surface area (Å²) < 4.78 is 0. The van der Waals surface area contributed by atoms with E-state index in [0.717, 1.165) is 0 Å². The summed E-state index contributed by atoms with van der Waals surface area (Å²) in [7, 11) is 0. The fourth-order valence-electron chi connectivity index (χ4n) is 0.428. The van der Waals surface area contributed by atoms with Crippen molar-refractivity contribution in [2.24, 2.45) is 0 Å². The molecule has 0 saturated carbocycles. The Morgan fingerprint density at radius 1 is 1.70 bits per heavy atom. The van der Waals surface area contributed by atoms with Crippen molar-refractivity contribution < 1.29 is 15.0 Å². The van der Waals surface area contributed by atoms with Crippen molar-refractivity contribution >= 4 is 5.91 Å². The Labute approximate surface area is 59.9 Å². The number of amides is 1. The lowest BCUT2D eigenvalue weighted by Gasteiger charge is -2.21. The normalized spacial score (nSPS) is 16.0. The molecule has 0 aliphatic carbocycles. The molecule has 0 rings (SSSR count). The molecule has 0 radical (unpaired) electrons. The number of carbonyl (C=O) groups is 1. The van der Waals surface area contributed by atoms with Crippen LogP contribution >= 0.6 is 0 Å². The van der Waals surface area contributed by atoms with Crippen LogP contribution in [0.4, 0.5) is 0 Å². The summed E-state index contributed by atoms with van der Waals surface area (Å²) in [5, 5.41) is 19.7. The zero-order chi connectivity index (χ0) is 8.20. The molecule has 1 unspecified atom stereocenters. The van der Waals surface area contributed by atoms with Crippen molar-refractivity contribution in [3.05, 3.63) is 0 Å².